The summed E-state index contributed by atoms with van der Waals surface area (Å²) in [5.41, 5.74) is 4.37. The van der Waals surface area contributed by atoms with Gasteiger partial charge in [0.25, 0.3) is 0 Å². The zero-order valence-electron chi connectivity index (χ0n) is 13.9. The molecule has 1 aliphatic heterocycles. The SMILES string of the molecule is Cc1c[nH]c2c3c(cc(Cl)c12)CN(Cc1ccc(C#N)cc1)S(=O)(=O)N3. The molecule has 132 valence electrons. The summed E-state index contributed by atoms with van der Waals surface area (Å²) in [7, 11) is -3.69. The van der Waals surface area contributed by atoms with Gasteiger partial charge in [0.05, 0.1) is 27.9 Å². The van der Waals surface area contributed by atoms with Crippen LogP contribution in [0, 0.1) is 18.3 Å². The van der Waals surface area contributed by atoms with E-state index in [4.69, 9.17) is 16.9 Å². The van der Waals surface area contributed by atoms with Gasteiger partial charge in [0.1, 0.15) is 0 Å². The summed E-state index contributed by atoms with van der Waals surface area (Å²) in [6, 6.07) is 10.7. The molecule has 0 unspecified atom stereocenters. The Balaban J connectivity index is 1.73. The highest BCUT2D eigenvalue weighted by Gasteiger charge is 2.31. The van der Waals surface area contributed by atoms with Crippen LogP contribution in [0.3, 0.4) is 0 Å². The first-order valence-corrected chi connectivity index (χ1v) is 9.77. The van der Waals surface area contributed by atoms with E-state index in [-0.39, 0.29) is 13.1 Å². The minimum Gasteiger partial charge on any atom is -0.359 e. The normalized spacial score (nSPS) is 16.0. The number of nitriles is 1. The molecule has 6 nitrogen and oxygen atoms in total. The van der Waals surface area contributed by atoms with E-state index in [1.807, 2.05) is 25.3 Å². The predicted octanol–water partition coefficient (Wildman–Crippen LogP) is 3.67. The van der Waals surface area contributed by atoms with E-state index in [1.54, 1.807) is 24.3 Å². The fraction of sp³-hybridized carbons (Fsp3) is 0.167. The molecule has 1 aromatic heterocycles. The average molecular weight is 387 g/mol. The van der Waals surface area contributed by atoms with Gasteiger partial charge in [0.2, 0.25) is 0 Å². The lowest BCUT2D eigenvalue weighted by Crippen LogP contribution is -2.39. The van der Waals surface area contributed by atoms with Crippen LogP contribution in [0.1, 0.15) is 22.3 Å². The Morgan fingerprint density at radius 1 is 1.31 bits per heavy atom. The number of hydrogen-bond acceptors (Lipinski definition) is 3. The lowest BCUT2D eigenvalue weighted by atomic mass is 10.1. The molecule has 0 spiro atoms. The first-order chi connectivity index (χ1) is 12.4. The van der Waals surface area contributed by atoms with Crippen LogP contribution in [-0.2, 0) is 23.3 Å². The van der Waals surface area contributed by atoms with Crippen molar-refractivity contribution in [3.63, 3.8) is 0 Å². The summed E-state index contributed by atoms with van der Waals surface area (Å²) in [6.07, 6.45) is 1.81. The standard InChI is InChI=1S/C18H15ClN4O2S/c1-11-8-21-18-16(11)15(19)6-14-10-23(26(24,25)22-17(14)18)9-13-4-2-12(7-20)3-5-13/h2-6,8,21-22H,9-10H2,1H3. The van der Waals surface area contributed by atoms with Gasteiger partial charge in [-0.25, -0.2) is 0 Å². The van der Waals surface area contributed by atoms with Crippen LogP contribution in [0.4, 0.5) is 5.69 Å². The predicted molar refractivity (Wildman–Crippen MR) is 101 cm³/mol. The van der Waals surface area contributed by atoms with Crippen molar-refractivity contribution in [2.24, 2.45) is 0 Å². The zero-order chi connectivity index (χ0) is 18.5. The van der Waals surface area contributed by atoms with Crippen LogP contribution in [0.25, 0.3) is 10.9 Å². The van der Waals surface area contributed by atoms with Crippen molar-refractivity contribution in [2.45, 2.75) is 20.0 Å². The number of fused-ring (bicyclic) bond motifs is 3. The van der Waals surface area contributed by atoms with Gasteiger partial charge < -0.3 is 4.98 Å². The molecule has 2 heterocycles. The van der Waals surface area contributed by atoms with Gasteiger partial charge in [-0.05, 0) is 41.8 Å². The number of hydrogen-bond donors (Lipinski definition) is 2. The second-order valence-corrected chi connectivity index (χ2v) is 8.38. The van der Waals surface area contributed by atoms with E-state index < -0.39 is 10.2 Å². The molecule has 8 heteroatoms. The Morgan fingerprint density at radius 2 is 2.04 bits per heavy atom. The second kappa shape index (κ2) is 6.02. The van der Waals surface area contributed by atoms with Crippen LogP contribution < -0.4 is 4.72 Å². The van der Waals surface area contributed by atoms with Crippen LogP contribution in [-0.4, -0.2) is 17.7 Å². The lowest BCUT2D eigenvalue weighted by molar-refractivity contribution is 0.400. The monoisotopic (exact) mass is 386 g/mol. The molecule has 0 saturated carbocycles. The van der Waals surface area contributed by atoms with Gasteiger partial charge >= 0.3 is 10.2 Å². The minimum absolute atomic E-state index is 0.208. The second-order valence-electron chi connectivity index (χ2n) is 6.30. The topological polar surface area (TPSA) is 89.0 Å². The summed E-state index contributed by atoms with van der Waals surface area (Å²) >= 11 is 6.41. The Morgan fingerprint density at radius 3 is 2.73 bits per heavy atom. The molecule has 4 rings (SSSR count). The summed E-state index contributed by atoms with van der Waals surface area (Å²) < 4.78 is 29.5. The Kier molecular flexibility index (Phi) is 3.92. The third-order valence-electron chi connectivity index (χ3n) is 4.55. The lowest BCUT2D eigenvalue weighted by Gasteiger charge is -2.30. The molecule has 0 saturated heterocycles. The molecule has 1 aliphatic rings. The highest BCUT2D eigenvalue weighted by molar-refractivity contribution is 7.90. The van der Waals surface area contributed by atoms with Crippen molar-refractivity contribution in [1.29, 1.82) is 5.26 Å². The third-order valence-corrected chi connectivity index (χ3v) is 6.25. The maximum absolute atomic E-state index is 12.7. The molecule has 26 heavy (non-hydrogen) atoms. The van der Waals surface area contributed by atoms with Crippen molar-refractivity contribution in [3.8, 4) is 6.07 Å². The molecule has 0 aliphatic carbocycles. The van der Waals surface area contributed by atoms with E-state index in [0.29, 0.717) is 21.8 Å². The van der Waals surface area contributed by atoms with E-state index in [9.17, 15) is 8.42 Å². The highest BCUT2D eigenvalue weighted by atomic mass is 35.5. The van der Waals surface area contributed by atoms with E-state index in [1.165, 1.54) is 4.31 Å². The molecular formula is C18H15ClN4O2S. The molecule has 0 bridgehead atoms. The zero-order valence-corrected chi connectivity index (χ0v) is 15.4. The quantitative estimate of drug-likeness (QED) is 0.704. The first-order valence-electron chi connectivity index (χ1n) is 7.95. The van der Waals surface area contributed by atoms with Gasteiger partial charge in [-0.3, -0.25) is 4.72 Å². The van der Waals surface area contributed by atoms with Crippen LogP contribution in [0.2, 0.25) is 5.02 Å². The van der Waals surface area contributed by atoms with Crippen LogP contribution in [0.15, 0.2) is 36.5 Å². The number of aromatic amines is 1. The largest absolute Gasteiger partial charge is 0.359 e. The number of rotatable bonds is 2. The summed E-state index contributed by atoms with van der Waals surface area (Å²) in [5.74, 6) is 0. The van der Waals surface area contributed by atoms with Crippen LogP contribution >= 0.6 is 11.6 Å². The molecule has 3 aromatic rings. The third kappa shape index (κ3) is 2.72. The average Bonchev–Trinajstić information content (AvgIpc) is 3.00. The Hall–Kier alpha value is -2.53. The van der Waals surface area contributed by atoms with Gasteiger partial charge in [0, 0.05) is 24.7 Å². The van der Waals surface area contributed by atoms with E-state index in [0.717, 1.165) is 22.1 Å². The maximum Gasteiger partial charge on any atom is 0.302 e. The number of anilines is 1. The van der Waals surface area contributed by atoms with Crippen molar-refractivity contribution in [3.05, 3.63) is 63.8 Å². The molecular weight excluding hydrogens is 372 g/mol. The molecule has 0 fully saturated rings. The minimum atomic E-state index is -3.69. The molecule has 0 atom stereocenters. The van der Waals surface area contributed by atoms with Crippen molar-refractivity contribution < 1.29 is 8.42 Å². The van der Waals surface area contributed by atoms with Gasteiger partial charge in [-0.1, -0.05) is 23.7 Å². The molecule has 2 N–H and O–H groups in total. The molecule has 0 radical (unpaired) electrons. The number of aromatic nitrogens is 1. The van der Waals surface area contributed by atoms with Gasteiger partial charge in [-0.15, -0.1) is 0 Å². The number of aryl methyl sites for hydroxylation is 1. The van der Waals surface area contributed by atoms with Crippen molar-refractivity contribution >= 4 is 38.4 Å². The Bertz CT molecular complexity index is 1160. The number of H-pyrrole nitrogens is 1. The molecule has 2 aromatic carbocycles. The smallest absolute Gasteiger partial charge is 0.302 e. The number of nitrogens with zero attached hydrogens (tertiary/aromatic N) is 2. The summed E-state index contributed by atoms with van der Waals surface area (Å²) in [5, 5.41) is 10.3. The van der Waals surface area contributed by atoms with Gasteiger partial charge in [0.15, 0.2) is 0 Å². The number of halogens is 1. The van der Waals surface area contributed by atoms with Crippen LogP contribution in [0.5, 0.6) is 0 Å². The Labute approximate surface area is 156 Å². The van der Waals surface area contributed by atoms with E-state index in [2.05, 4.69) is 9.71 Å². The fourth-order valence-electron chi connectivity index (χ4n) is 3.22. The highest BCUT2D eigenvalue weighted by Crippen LogP contribution is 2.39. The summed E-state index contributed by atoms with van der Waals surface area (Å²) in [4.78, 5) is 3.11. The number of benzene rings is 2. The molecule has 0 amide bonds. The van der Waals surface area contributed by atoms with Crippen molar-refractivity contribution in [1.82, 2.24) is 9.29 Å². The first kappa shape index (κ1) is 16.9. The maximum atomic E-state index is 12.7. The van der Waals surface area contributed by atoms with Gasteiger partial charge in [-0.2, -0.15) is 18.0 Å². The van der Waals surface area contributed by atoms with E-state index >= 15 is 0 Å². The van der Waals surface area contributed by atoms with Crippen molar-refractivity contribution in [2.75, 3.05) is 4.72 Å². The number of nitrogens with one attached hydrogen (secondary N) is 2. The summed E-state index contributed by atoms with van der Waals surface area (Å²) in [6.45, 7) is 2.35. The fourth-order valence-corrected chi connectivity index (χ4v) is 4.85.